The Morgan fingerprint density at radius 2 is 2.33 bits per heavy atom. The topological polar surface area (TPSA) is 155 Å². The monoisotopic (exact) mass is 302 g/mol. The van der Waals surface area contributed by atoms with Gasteiger partial charge in [0.25, 0.3) is 11.3 Å². The third kappa shape index (κ3) is 2.43. The minimum atomic E-state index is -2.03. The predicted molar refractivity (Wildman–Crippen MR) is 64.0 cm³/mol. The molecule has 0 bridgehead atoms. The minimum absolute atomic E-state index is 0.647. The molecule has 0 unspecified atom stereocenters. The molecule has 2 rings (SSSR count). The van der Waals surface area contributed by atoms with E-state index in [0.29, 0.717) is 0 Å². The first-order chi connectivity index (χ1) is 9.99. The molecule has 1 saturated heterocycles. The number of halogens is 1. The van der Waals surface area contributed by atoms with E-state index in [-0.39, 0.29) is 0 Å². The maximum atomic E-state index is 13.2. The van der Waals surface area contributed by atoms with Crippen molar-refractivity contribution in [3.63, 3.8) is 0 Å². The van der Waals surface area contributed by atoms with E-state index in [1.807, 2.05) is 4.98 Å². The molecule has 21 heavy (non-hydrogen) atoms. The molecule has 0 saturated carbocycles. The number of alkyl halides is 1. The van der Waals surface area contributed by atoms with E-state index in [9.17, 15) is 24.2 Å². The van der Waals surface area contributed by atoms with Crippen LogP contribution < -0.4 is 16.2 Å². The van der Waals surface area contributed by atoms with Gasteiger partial charge in [-0.15, -0.1) is 0 Å². The van der Waals surface area contributed by atoms with Gasteiger partial charge in [0.15, 0.2) is 5.11 Å². The van der Waals surface area contributed by atoms with Gasteiger partial charge in [0.05, 0.1) is 12.6 Å². The maximum Gasteiger partial charge on any atom is 0.330 e. The highest BCUT2D eigenvalue weighted by Gasteiger charge is 2.59. The van der Waals surface area contributed by atoms with Crippen molar-refractivity contribution in [2.75, 3.05) is 13.3 Å². The number of H-pyrrole nitrogens is 1. The first-order valence-electron chi connectivity index (χ1n) is 5.92. The summed E-state index contributed by atoms with van der Waals surface area (Å²) in [5.74, 6) is -1.23. The zero-order valence-corrected chi connectivity index (χ0v) is 10.6. The molecule has 1 aliphatic heterocycles. The van der Waals surface area contributed by atoms with Crippen LogP contribution in [0.15, 0.2) is 27.0 Å². The summed E-state index contributed by atoms with van der Waals surface area (Å²) in [6, 6.07) is 1.03. The van der Waals surface area contributed by atoms with Gasteiger partial charge in [-0.2, -0.15) is 0 Å². The molecule has 114 valence electrons. The Morgan fingerprint density at radius 1 is 1.62 bits per heavy atom. The van der Waals surface area contributed by atoms with Gasteiger partial charge in [0.1, 0.15) is 24.5 Å². The van der Waals surface area contributed by atoms with Crippen LogP contribution in [0.25, 0.3) is 0 Å². The van der Waals surface area contributed by atoms with Gasteiger partial charge < -0.3 is 14.9 Å². The molecule has 11 heteroatoms. The lowest BCUT2D eigenvalue weighted by Crippen LogP contribution is -2.43. The Bertz CT molecular complexity index is 683. The first kappa shape index (κ1) is 15.2. The normalized spacial score (nSPS) is 31.9. The third-order valence-corrected chi connectivity index (χ3v) is 3.31. The molecular formula is C10H13FN5O5+. The van der Waals surface area contributed by atoms with Gasteiger partial charge in [-0.3, -0.25) is 18.7 Å². The molecule has 0 spiro atoms. The summed E-state index contributed by atoms with van der Waals surface area (Å²) in [4.78, 5) is 27.4. The van der Waals surface area contributed by atoms with Crippen LogP contribution in [0, 0.1) is 11.4 Å². The zero-order chi connectivity index (χ0) is 15.6. The summed E-state index contributed by atoms with van der Waals surface area (Å²) in [6.45, 7) is -1.94. The summed E-state index contributed by atoms with van der Waals surface area (Å²) < 4.78 is 19.3. The molecular weight excluding hydrogens is 289 g/mol. The fourth-order valence-corrected chi connectivity index (χ4v) is 2.24. The Balaban J connectivity index is 2.51. The summed E-state index contributed by atoms with van der Waals surface area (Å²) in [5, 5.41) is 22.7. The van der Waals surface area contributed by atoms with Crippen LogP contribution in [-0.2, 0) is 4.74 Å². The average Bonchev–Trinajstić information content (AvgIpc) is 2.72. The third-order valence-electron chi connectivity index (χ3n) is 3.31. The fraction of sp³-hybridized carbons (Fsp3) is 0.600. The number of hydrogen-bond donors (Lipinski definition) is 4. The zero-order valence-electron chi connectivity index (χ0n) is 10.6. The van der Waals surface area contributed by atoms with E-state index in [2.05, 4.69) is 10.0 Å². The van der Waals surface area contributed by atoms with Crippen molar-refractivity contribution in [3.05, 3.63) is 33.1 Å². The molecule has 4 atom stereocenters. The molecule has 1 aliphatic rings. The quantitative estimate of drug-likeness (QED) is 0.383. The van der Waals surface area contributed by atoms with Crippen LogP contribution in [0.1, 0.15) is 6.23 Å². The standard InChI is InChI=1S/C10H12FN5O5/c11-3-5-7(19)10(4-17,14-15-12)21-8(5)16-2-1-6(18)13-9(16)20/h1-2,5,7-8,12,17,19H,3-4H2/p+1/t5-,7-,8+,10+/m0/s1. The number of ether oxygens (including phenoxy) is 1. The highest BCUT2D eigenvalue weighted by molar-refractivity contribution is 4.99. The highest BCUT2D eigenvalue weighted by atomic mass is 19.1. The largest absolute Gasteiger partial charge is 0.391 e. The SMILES string of the molecule is N=[N+]=N[C@]1(CO)O[C@@H](n2ccc(=O)[nH]c2=O)[C@@H](CF)[C@@H]1O. The minimum Gasteiger partial charge on any atom is -0.391 e. The van der Waals surface area contributed by atoms with E-state index in [0.717, 1.165) is 16.8 Å². The number of rotatable bonds is 4. The molecule has 0 amide bonds. The summed E-state index contributed by atoms with van der Waals surface area (Å²) in [5.41, 5.74) is 3.15. The summed E-state index contributed by atoms with van der Waals surface area (Å²) in [6.07, 6.45) is -1.86. The van der Waals surface area contributed by atoms with Crippen LogP contribution >= 0.6 is 0 Å². The maximum absolute atomic E-state index is 13.2. The van der Waals surface area contributed by atoms with Crippen LogP contribution in [0.5, 0.6) is 0 Å². The molecule has 1 aromatic heterocycles. The fourth-order valence-electron chi connectivity index (χ4n) is 2.24. The summed E-state index contributed by atoms with van der Waals surface area (Å²) in [7, 11) is 0. The summed E-state index contributed by atoms with van der Waals surface area (Å²) >= 11 is 0. The lowest BCUT2D eigenvalue weighted by Gasteiger charge is -2.18. The lowest BCUT2D eigenvalue weighted by atomic mass is 9.97. The van der Waals surface area contributed by atoms with E-state index < -0.39 is 48.5 Å². The Hall–Kier alpha value is -2.20. The van der Waals surface area contributed by atoms with Crippen LogP contribution in [0.2, 0.25) is 0 Å². The van der Waals surface area contributed by atoms with Gasteiger partial charge in [-0.05, 0) is 0 Å². The van der Waals surface area contributed by atoms with Crippen molar-refractivity contribution < 1.29 is 19.3 Å². The number of hydrogen-bond acceptors (Lipinski definition) is 7. The van der Waals surface area contributed by atoms with Crippen molar-refractivity contribution in [1.29, 1.82) is 5.53 Å². The van der Waals surface area contributed by atoms with Crippen molar-refractivity contribution in [2.24, 2.45) is 11.0 Å². The van der Waals surface area contributed by atoms with E-state index in [4.69, 9.17) is 10.3 Å². The van der Waals surface area contributed by atoms with Crippen molar-refractivity contribution in [3.8, 4) is 0 Å². The van der Waals surface area contributed by atoms with Crippen LogP contribution in [0.3, 0.4) is 0 Å². The van der Waals surface area contributed by atoms with E-state index in [1.165, 1.54) is 0 Å². The molecule has 2 heterocycles. The Labute approximate surface area is 116 Å². The number of nitrogens with zero attached hydrogens (tertiary/aromatic N) is 3. The number of aliphatic hydroxyl groups excluding tert-OH is 2. The van der Waals surface area contributed by atoms with E-state index >= 15 is 0 Å². The number of nitrogens with one attached hydrogen (secondary N) is 2. The van der Waals surface area contributed by atoms with Gasteiger partial charge in [0, 0.05) is 12.3 Å². The van der Waals surface area contributed by atoms with Crippen molar-refractivity contribution in [1.82, 2.24) is 14.5 Å². The predicted octanol–water partition coefficient (Wildman–Crippen LogP) is -1.75. The average molecular weight is 302 g/mol. The van der Waals surface area contributed by atoms with E-state index in [1.54, 1.807) is 0 Å². The number of aromatic nitrogens is 2. The van der Waals surface area contributed by atoms with Gasteiger partial charge in [-0.25, -0.2) is 4.79 Å². The smallest absolute Gasteiger partial charge is 0.330 e. The Kier molecular flexibility index (Phi) is 4.09. The van der Waals surface area contributed by atoms with Crippen LogP contribution in [0.4, 0.5) is 4.39 Å². The molecule has 0 radical (unpaired) electrons. The van der Waals surface area contributed by atoms with Crippen molar-refractivity contribution >= 4 is 0 Å². The second-order valence-electron chi connectivity index (χ2n) is 4.49. The molecule has 1 aromatic rings. The van der Waals surface area contributed by atoms with Gasteiger partial charge >= 0.3 is 5.69 Å². The number of aromatic amines is 1. The molecule has 0 aromatic carbocycles. The second-order valence-corrected chi connectivity index (χ2v) is 4.49. The molecule has 0 aliphatic carbocycles. The molecule has 1 fully saturated rings. The lowest BCUT2D eigenvalue weighted by molar-refractivity contribution is -0.128. The molecule has 10 nitrogen and oxygen atoms in total. The van der Waals surface area contributed by atoms with Crippen LogP contribution in [-0.4, -0.2) is 44.9 Å². The van der Waals surface area contributed by atoms with Gasteiger partial charge in [-0.1, -0.05) is 0 Å². The highest BCUT2D eigenvalue weighted by Crippen LogP contribution is 2.41. The first-order valence-corrected chi connectivity index (χ1v) is 5.92. The van der Waals surface area contributed by atoms with Gasteiger partial charge in [0.2, 0.25) is 4.91 Å². The molecule has 4 N–H and O–H groups in total. The Morgan fingerprint density at radius 3 is 2.86 bits per heavy atom. The number of aliphatic hydroxyl groups is 2. The second kappa shape index (κ2) is 5.66. The van der Waals surface area contributed by atoms with Crippen molar-refractivity contribution in [2.45, 2.75) is 18.1 Å².